The van der Waals surface area contributed by atoms with Crippen molar-refractivity contribution in [2.24, 2.45) is 0 Å². The number of anilines is 1. The van der Waals surface area contributed by atoms with Crippen LogP contribution in [0.4, 0.5) is 5.69 Å². The summed E-state index contributed by atoms with van der Waals surface area (Å²) < 4.78 is 4.66. The van der Waals surface area contributed by atoms with Crippen molar-refractivity contribution in [1.82, 2.24) is 15.2 Å². The van der Waals surface area contributed by atoms with Gasteiger partial charge in [0.1, 0.15) is 0 Å². The first kappa shape index (κ1) is 23.8. The zero-order chi connectivity index (χ0) is 24.1. The quantitative estimate of drug-likeness (QED) is 0.375. The summed E-state index contributed by atoms with van der Waals surface area (Å²) in [7, 11) is 5.46. The van der Waals surface area contributed by atoms with Crippen LogP contribution in [0.3, 0.4) is 0 Å². The third-order valence-electron chi connectivity index (χ3n) is 6.56. The van der Waals surface area contributed by atoms with Crippen LogP contribution in [0, 0.1) is 0 Å². The van der Waals surface area contributed by atoms with Crippen LogP contribution in [-0.4, -0.2) is 62.6 Å². The van der Waals surface area contributed by atoms with Gasteiger partial charge in [0.05, 0.1) is 19.7 Å². The van der Waals surface area contributed by atoms with Crippen LogP contribution in [0.15, 0.2) is 48.5 Å². The molecule has 0 radical (unpaired) electrons. The lowest BCUT2D eigenvalue weighted by atomic mass is 9.92. The van der Waals surface area contributed by atoms with Gasteiger partial charge in [-0.2, -0.15) is 0 Å². The molecule has 0 bridgehead atoms. The number of H-pyrrole nitrogens is 1. The molecule has 180 valence electrons. The normalized spacial score (nSPS) is 15.7. The molecule has 1 amide bonds. The summed E-state index contributed by atoms with van der Waals surface area (Å²) in [6.45, 7) is 1.69. The summed E-state index contributed by atoms with van der Waals surface area (Å²) in [5, 5.41) is 4.28. The number of aromatic nitrogens is 1. The van der Waals surface area contributed by atoms with E-state index in [2.05, 4.69) is 73.4 Å². The predicted molar refractivity (Wildman–Crippen MR) is 135 cm³/mol. The Labute approximate surface area is 201 Å². The molecule has 0 spiro atoms. The molecule has 2 aromatic carbocycles. The predicted octanol–water partition coefficient (Wildman–Crippen LogP) is 3.64. The number of para-hydroxylation sites is 1. The van der Waals surface area contributed by atoms with Crippen molar-refractivity contribution >= 4 is 28.5 Å². The number of ether oxygens (including phenoxy) is 1. The fourth-order valence-corrected chi connectivity index (χ4v) is 4.76. The highest BCUT2D eigenvalue weighted by Gasteiger charge is 2.32. The molecule has 1 unspecified atom stereocenters. The Morgan fingerprint density at radius 3 is 2.62 bits per heavy atom. The second-order valence-electron chi connectivity index (χ2n) is 9.05. The number of esters is 1. The number of rotatable bonds is 9. The summed E-state index contributed by atoms with van der Waals surface area (Å²) >= 11 is 0. The van der Waals surface area contributed by atoms with Gasteiger partial charge in [0.25, 0.3) is 0 Å². The first-order valence-corrected chi connectivity index (χ1v) is 11.9. The van der Waals surface area contributed by atoms with E-state index in [1.165, 1.54) is 29.3 Å². The largest absolute Gasteiger partial charge is 0.469 e. The average Bonchev–Trinajstić information content (AvgIpc) is 3.22. The standard InChI is InChI=1S/C27H34N4O3/c1-30(2)20-13-11-19(12-14-20)27-26-22(21-8-4-5-9-23(21)29-26)15-17-31(27)18-24(32)28-16-7-6-10-25(33)34-3/h4-5,8-9,11-14,27,29H,6-7,10,15-18H2,1-3H3,(H,28,32). The Bertz CT molecular complexity index is 1140. The molecule has 4 rings (SSSR count). The van der Waals surface area contributed by atoms with Gasteiger partial charge in [0.2, 0.25) is 5.91 Å². The average molecular weight is 463 g/mol. The fourth-order valence-electron chi connectivity index (χ4n) is 4.76. The molecule has 7 nitrogen and oxygen atoms in total. The van der Waals surface area contributed by atoms with Crippen molar-refractivity contribution in [2.45, 2.75) is 31.7 Å². The monoisotopic (exact) mass is 462 g/mol. The maximum atomic E-state index is 12.8. The van der Waals surface area contributed by atoms with Gasteiger partial charge in [-0.3, -0.25) is 14.5 Å². The van der Waals surface area contributed by atoms with E-state index in [0.29, 0.717) is 25.9 Å². The molecule has 1 aliphatic rings. The van der Waals surface area contributed by atoms with E-state index < -0.39 is 0 Å². The number of methoxy groups -OCH3 is 1. The molecule has 0 saturated heterocycles. The zero-order valence-corrected chi connectivity index (χ0v) is 20.3. The van der Waals surface area contributed by atoms with Gasteiger partial charge in [-0.1, -0.05) is 30.3 Å². The van der Waals surface area contributed by atoms with E-state index in [9.17, 15) is 9.59 Å². The number of hydrogen-bond acceptors (Lipinski definition) is 5. The third kappa shape index (κ3) is 5.25. The van der Waals surface area contributed by atoms with Crippen LogP contribution in [0.1, 0.15) is 42.1 Å². The first-order chi connectivity index (χ1) is 16.5. The molecule has 34 heavy (non-hydrogen) atoms. The SMILES string of the molecule is COC(=O)CCCCNC(=O)CN1CCc2c([nH]c3ccccc23)C1c1ccc(N(C)C)cc1. The van der Waals surface area contributed by atoms with Gasteiger partial charge >= 0.3 is 5.97 Å². The third-order valence-corrected chi connectivity index (χ3v) is 6.56. The minimum Gasteiger partial charge on any atom is -0.469 e. The maximum Gasteiger partial charge on any atom is 0.305 e. The van der Waals surface area contributed by atoms with Crippen molar-refractivity contribution in [1.29, 1.82) is 0 Å². The van der Waals surface area contributed by atoms with E-state index in [-0.39, 0.29) is 17.9 Å². The lowest BCUT2D eigenvalue weighted by Gasteiger charge is -2.36. The Morgan fingerprint density at radius 2 is 1.88 bits per heavy atom. The minimum absolute atomic E-state index is 0.00698. The van der Waals surface area contributed by atoms with Crippen molar-refractivity contribution < 1.29 is 14.3 Å². The molecule has 3 aromatic rings. The van der Waals surface area contributed by atoms with Crippen molar-refractivity contribution in [3.05, 3.63) is 65.4 Å². The molecule has 0 fully saturated rings. The van der Waals surface area contributed by atoms with Crippen molar-refractivity contribution in [2.75, 3.05) is 45.7 Å². The number of aromatic amines is 1. The number of nitrogens with one attached hydrogen (secondary N) is 2. The smallest absolute Gasteiger partial charge is 0.305 e. The van der Waals surface area contributed by atoms with Crippen LogP contribution >= 0.6 is 0 Å². The van der Waals surface area contributed by atoms with Gasteiger partial charge in [-0.05, 0) is 48.6 Å². The van der Waals surface area contributed by atoms with Crippen LogP contribution in [0.25, 0.3) is 10.9 Å². The second kappa shape index (κ2) is 10.7. The molecule has 1 aromatic heterocycles. The summed E-state index contributed by atoms with van der Waals surface area (Å²) in [5.74, 6) is -0.204. The Kier molecular flexibility index (Phi) is 7.53. The molecule has 0 aliphatic carbocycles. The minimum atomic E-state index is -0.211. The van der Waals surface area contributed by atoms with E-state index >= 15 is 0 Å². The summed E-state index contributed by atoms with van der Waals surface area (Å²) in [6, 6.07) is 17.0. The summed E-state index contributed by atoms with van der Waals surface area (Å²) in [6.07, 6.45) is 2.74. The van der Waals surface area contributed by atoms with Crippen LogP contribution in [0.5, 0.6) is 0 Å². The van der Waals surface area contributed by atoms with Crippen LogP contribution in [0.2, 0.25) is 0 Å². The molecular weight excluding hydrogens is 428 g/mol. The highest BCUT2D eigenvalue weighted by atomic mass is 16.5. The molecule has 2 N–H and O–H groups in total. The zero-order valence-electron chi connectivity index (χ0n) is 20.3. The van der Waals surface area contributed by atoms with Gasteiger partial charge in [0, 0.05) is 55.9 Å². The summed E-state index contributed by atoms with van der Waals surface area (Å²) in [5.41, 5.74) is 5.98. The number of fused-ring (bicyclic) bond motifs is 3. The molecular formula is C27H34N4O3. The fraction of sp³-hybridized carbons (Fsp3) is 0.407. The number of hydrogen-bond donors (Lipinski definition) is 2. The number of benzene rings is 2. The molecule has 7 heteroatoms. The highest BCUT2D eigenvalue weighted by molar-refractivity contribution is 5.85. The van der Waals surface area contributed by atoms with Gasteiger partial charge < -0.3 is 19.9 Å². The summed E-state index contributed by atoms with van der Waals surface area (Å²) in [4.78, 5) is 32.0. The number of carbonyl (C=O) groups is 2. The second-order valence-corrected chi connectivity index (χ2v) is 9.05. The molecule has 1 aliphatic heterocycles. The number of unbranched alkanes of at least 4 members (excludes halogenated alkanes) is 1. The molecule has 0 saturated carbocycles. The molecule has 2 heterocycles. The lowest BCUT2D eigenvalue weighted by molar-refractivity contribution is -0.140. The van der Waals surface area contributed by atoms with Crippen LogP contribution < -0.4 is 10.2 Å². The van der Waals surface area contributed by atoms with Gasteiger partial charge in [0.15, 0.2) is 0 Å². The van der Waals surface area contributed by atoms with Gasteiger partial charge in [-0.15, -0.1) is 0 Å². The van der Waals surface area contributed by atoms with E-state index in [1.54, 1.807) is 0 Å². The highest BCUT2D eigenvalue weighted by Crippen LogP contribution is 2.38. The molecule has 1 atom stereocenters. The Morgan fingerprint density at radius 1 is 1.12 bits per heavy atom. The lowest BCUT2D eigenvalue weighted by Crippen LogP contribution is -2.43. The van der Waals surface area contributed by atoms with Crippen molar-refractivity contribution in [3.8, 4) is 0 Å². The van der Waals surface area contributed by atoms with Crippen LogP contribution in [-0.2, 0) is 20.7 Å². The van der Waals surface area contributed by atoms with Crippen molar-refractivity contribution in [3.63, 3.8) is 0 Å². The number of nitrogens with zero attached hydrogens (tertiary/aromatic N) is 2. The van der Waals surface area contributed by atoms with E-state index in [1.807, 2.05) is 14.1 Å². The Hall–Kier alpha value is -3.32. The van der Waals surface area contributed by atoms with E-state index in [0.717, 1.165) is 30.6 Å². The Balaban J connectivity index is 1.51. The maximum absolute atomic E-state index is 12.8. The number of amides is 1. The first-order valence-electron chi connectivity index (χ1n) is 11.9. The number of carbonyl (C=O) groups excluding carboxylic acids is 2. The topological polar surface area (TPSA) is 77.7 Å². The van der Waals surface area contributed by atoms with E-state index in [4.69, 9.17) is 0 Å². The van der Waals surface area contributed by atoms with Gasteiger partial charge in [-0.25, -0.2) is 0 Å².